The van der Waals surface area contributed by atoms with Crippen molar-refractivity contribution in [1.29, 1.82) is 0 Å². The zero-order valence-electron chi connectivity index (χ0n) is 49.2. The van der Waals surface area contributed by atoms with Gasteiger partial charge in [-0.25, -0.2) is 0 Å². The Morgan fingerprint density at radius 3 is 1.26 bits per heavy atom. The Morgan fingerprint density at radius 1 is 0.423 bits per heavy atom. The van der Waals surface area contributed by atoms with Crippen LogP contribution in [0.5, 0.6) is 0 Å². The third kappa shape index (κ3) is 36.4. The summed E-state index contributed by atoms with van der Waals surface area (Å²) in [5.41, 5.74) is 0. The third-order valence-electron chi connectivity index (χ3n) is 15.1. The lowest BCUT2D eigenvalue weighted by atomic mass is 9.98. The van der Waals surface area contributed by atoms with Crippen LogP contribution in [0, 0.1) is 0 Å². The molecule has 2 fully saturated rings. The first kappa shape index (κ1) is 72.1. The van der Waals surface area contributed by atoms with Crippen LogP contribution >= 0.6 is 0 Å². The quantitative estimate of drug-likeness (QED) is 0.0172. The Balaban J connectivity index is 1.68. The standard InChI is InChI=1S/C64H116O14/c1-3-5-7-9-11-13-15-17-19-21-23-24-25-26-27-28-29-31-33-35-37-39-41-43-45-47-56(66)76-53(50-73-48-46-44-42-40-38-36-34-32-30-22-20-18-16-14-12-10-8-6-4-2)51-74-63-62(72)60(70)58(68)55(78-63)52-75-64-61(71)59(69)57(67)54(49-65)77-64/h15,17,20-23,25-26,53-55,57-65,67-72H,3-14,16,18-19,24,27-52H2,1-2H3/b17-15-,22-20-,23-21-,26-25-. The molecular formula is C64H116O14. The predicted molar refractivity (Wildman–Crippen MR) is 312 cm³/mol. The van der Waals surface area contributed by atoms with Crippen LogP contribution in [0.25, 0.3) is 0 Å². The van der Waals surface area contributed by atoms with Crippen LogP contribution in [0.2, 0.25) is 0 Å². The normalized spacial score (nSPS) is 24.4. The second kappa shape index (κ2) is 50.7. The molecule has 0 aliphatic carbocycles. The number of unbranched alkanes of at least 4 members (excludes halogenated alkanes) is 30. The Labute approximate surface area is 473 Å². The van der Waals surface area contributed by atoms with Crippen molar-refractivity contribution in [3.05, 3.63) is 48.6 Å². The summed E-state index contributed by atoms with van der Waals surface area (Å²) in [5, 5.41) is 72.5. The Bertz CT molecular complexity index is 1470. The lowest BCUT2D eigenvalue weighted by Crippen LogP contribution is -2.61. The van der Waals surface area contributed by atoms with Gasteiger partial charge in [0.15, 0.2) is 12.6 Å². The van der Waals surface area contributed by atoms with E-state index in [1.165, 1.54) is 167 Å². The molecule has 0 aromatic rings. The molecule has 0 spiro atoms. The monoisotopic (exact) mass is 1110 g/mol. The molecule has 2 rings (SSSR count). The number of aliphatic hydroxyl groups is 7. The molecule has 78 heavy (non-hydrogen) atoms. The van der Waals surface area contributed by atoms with E-state index in [1.54, 1.807) is 0 Å². The van der Waals surface area contributed by atoms with E-state index in [0.717, 1.165) is 57.8 Å². The third-order valence-corrected chi connectivity index (χ3v) is 15.1. The van der Waals surface area contributed by atoms with Crippen LogP contribution in [0.1, 0.15) is 251 Å². The highest BCUT2D eigenvalue weighted by atomic mass is 16.7. The highest BCUT2D eigenvalue weighted by Gasteiger charge is 2.47. The van der Waals surface area contributed by atoms with Gasteiger partial charge in [0.05, 0.1) is 26.4 Å². The lowest BCUT2D eigenvalue weighted by Gasteiger charge is -2.42. The van der Waals surface area contributed by atoms with Crippen molar-refractivity contribution < 1.29 is 69.0 Å². The van der Waals surface area contributed by atoms with Crippen molar-refractivity contribution in [3.8, 4) is 0 Å². The fraction of sp³-hybridized carbons (Fsp3) is 0.859. The first-order valence-corrected chi connectivity index (χ1v) is 31.7. The van der Waals surface area contributed by atoms with Gasteiger partial charge in [0.25, 0.3) is 0 Å². The Hall–Kier alpha value is -2.05. The number of ether oxygens (including phenoxy) is 6. The summed E-state index contributed by atoms with van der Waals surface area (Å²) in [6.07, 6.45) is 46.0. The zero-order chi connectivity index (χ0) is 56.5. The minimum atomic E-state index is -1.71. The maximum absolute atomic E-state index is 13.1. The highest BCUT2D eigenvalue weighted by molar-refractivity contribution is 5.69. The molecule has 2 aliphatic rings. The number of carbonyl (C=O) groups is 1. The molecule has 11 atom stereocenters. The van der Waals surface area contributed by atoms with Gasteiger partial charge in [0.1, 0.15) is 54.9 Å². The van der Waals surface area contributed by atoms with E-state index in [4.69, 9.17) is 28.4 Å². The largest absolute Gasteiger partial charge is 0.457 e. The van der Waals surface area contributed by atoms with Gasteiger partial charge in [0, 0.05) is 13.0 Å². The van der Waals surface area contributed by atoms with Crippen LogP contribution in [0.3, 0.4) is 0 Å². The molecule has 0 bridgehead atoms. The number of hydrogen-bond acceptors (Lipinski definition) is 14. The van der Waals surface area contributed by atoms with Crippen LogP contribution in [-0.4, -0.2) is 142 Å². The zero-order valence-corrected chi connectivity index (χ0v) is 49.2. The lowest BCUT2D eigenvalue weighted by molar-refractivity contribution is -0.332. The van der Waals surface area contributed by atoms with Gasteiger partial charge in [-0.1, -0.05) is 217 Å². The van der Waals surface area contributed by atoms with Crippen molar-refractivity contribution in [3.63, 3.8) is 0 Å². The number of carbonyl (C=O) groups excluding carboxylic acids is 1. The molecule has 0 aromatic heterocycles. The maximum Gasteiger partial charge on any atom is 0.306 e. The Kier molecular flexibility index (Phi) is 46.8. The van der Waals surface area contributed by atoms with Crippen molar-refractivity contribution in [2.75, 3.05) is 33.0 Å². The first-order valence-electron chi connectivity index (χ1n) is 31.7. The smallest absolute Gasteiger partial charge is 0.306 e. The fourth-order valence-corrected chi connectivity index (χ4v) is 9.94. The molecule has 2 heterocycles. The van der Waals surface area contributed by atoms with E-state index < -0.39 is 80.7 Å². The van der Waals surface area contributed by atoms with Crippen LogP contribution in [-0.2, 0) is 33.2 Å². The Morgan fingerprint density at radius 2 is 0.795 bits per heavy atom. The number of hydrogen-bond donors (Lipinski definition) is 7. The van der Waals surface area contributed by atoms with Crippen molar-refractivity contribution >= 4 is 5.97 Å². The van der Waals surface area contributed by atoms with E-state index in [1.807, 2.05) is 0 Å². The minimum absolute atomic E-state index is 0.0584. The summed E-state index contributed by atoms with van der Waals surface area (Å²) in [7, 11) is 0. The van der Waals surface area contributed by atoms with E-state index in [9.17, 15) is 40.5 Å². The molecule has 0 radical (unpaired) electrons. The molecule has 2 saturated heterocycles. The molecule has 0 saturated carbocycles. The molecule has 14 heteroatoms. The van der Waals surface area contributed by atoms with Crippen molar-refractivity contribution in [1.82, 2.24) is 0 Å². The summed E-state index contributed by atoms with van der Waals surface area (Å²) in [4.78, 5) is 13.1. The van der Waals surface area contributed by atoms with Crippen LogP contribution in [0.4, 0.5) is 0 Å². The summed E-state index contributed by atoms with van der Waals surface area (Å²) in [5.74, 6) is -0.379. The number of allylic oxidation sites excluding steroid dienone is 8. The molecule has 11 unspecified atom stereocenters. The van der Waals surface area contributed by atoms with Gasteiger partial charge in [-0.2, -0.15) is 0 Å². The topological polar surface area (TPSA) is 214 Å². The molecule has 0 amide bonds. The number of rotatable bonds is 52. The van der Waals surface area contributed by atoms with Crippen LogP contribution in [0.15, 0.2) is 48.6 Å². The van der Waals surface area contributed by atoms with Crippen molar-refractivity contribution in [2.24, 2.45) is 0 Å². The summed E-state index contributed by atoms with van der Waals surface area (Å²) in [6.45, 7) is 3.70. The minimum Gasteiger partial charge on any atom is -0.457 e. The fourth-order valence-electron chi connectivity index (χ4n) is 9.94. The van der Waals surface area contributed by atoms with E-state index in [-0.39, 0.29) is 25.6 Å². The van der Waals surface area contributed by atoms with Gasteiger partial charge in [-0.15, -0.1) is 0 Å². The van der Waals surface area contributed by atoms with E-state index in [0.29, 0.717) is 13.0 Å². The molecule has 456 valence electrons. The van der Waals surface area contributed by atoms with E-state index in [2.05, 4.69) is 62.5 Å². The van der Waals surface area contributed by atoms with Crippen LogP contribution < -0.4 is 0 Å². The highest BCUT2D eigenvalue weighted by Crippen LogP contribution is 2.27. The second-order valence-corrected chi connectivity index (χ2v) is 22.2. The average molecular weight is 1110 g/mol. The van der Waals surface area contributed by atoms with Crippen molar-refractivity contribution in [2.45, 2.75) is 319 Å². The summed E-state index contributed by atoms with van der Waals surface area (Å²) >= 11 is 0. The molecular weight excluding hydrogens is 993 g/mol. The first-order chi connectivity index (χ1) is 38.1. The van der Waals surface area contributed by atoms with Gasteiger partial charge < -0.3 is 64.2 Å². The number of aliphatic hydroxyl groups excluding tert-OH is 7. The average Bonchev–Trinajstić information content (AvgIpc) is 3.44. The molecule has 7 N–H and O–H groups in total. The summed E-state index contributed by atoms with van der Waals surface area (Å²) in [6, 6.07) is 0. The SMILES string of the molecule is CCCCCCC/C=C\C/C=C\C/C=C\CCCCCCCCCCCCC(=O)OC(COCCCCCCCCCC/C=C\CCCCCCCCC)COC1OC(COC2OC(CO)C(O)C(O)C2O)C(O)C(O)C1O. The molecule has 2 aliphatic heterocycles. The maximum atomic E-state index is 13.1. The van der Waals surface area contributed by atoms with Gasteiger partial charge in [-0.3, -0.25) is 4.79 Å². The van der Waals surface area contributed by atoms with E-state index >= 15 is 0 Å². The molecule has 0 aromatic carbocycles. The molecule has 14 nitrogen and oxygen atoms in total. The van der Waals surface area contributed by atoms with Gasteiger partial charge in [0.2, 0.25) is 0 Å². The predicted octanol–water partition coefficient (Wildman–Crippen LogP) is 12.3. The summed E-state index contributed by atoms with van der Waals surface area (Å²) < 4.78 is 34.5. The second-order valence-electron chi connectivity index (χ2n) is 22.2. The number of esters is 1. The van der Waals surface area contributed by atoms with Gasteiger partial charge in [-0.05, 0) is 77.0 Å². The van der Waals surface area contributed by atoms with Gasteiger partial charge >= 0.3 is 5.97 Å².